The number of anilines is 1. The van der Waals surface area contributed by atoms with Crippen LogP contribution >= 0.6 is 23.2 Å². The summed E-state index contributed by atoms with van der Waals surface area (Å²) in [7, 11) is 0. The molecule has 1 spiro atoms. The van der Waals surface area contributed by atoms with Crippen molar-refractivity contribution in [2.24, 2.45) is 11.8 Å². The maximum atomic E-state index is 15.0. The summed E-state index contributed by atoms with van der Waals surface area (Å²) in [5.74, 6) is -0.650. The number of nitrogens with one attached hydrogen (secondary N) is 2. The van der Waals surface area contributed by atoms with Crippen molar-refractivity contribution >= 4 is 40.7 Å². The Hall–Kier alpha value is -3.85. The van der Waals surface area contributed by atoms with Gasteiger partial charge in [0.15, 0.2) is 0 Å². The van der Waals surface area contributed by atoms with Gasteiger partial charge in [0.25, 0.3) is 0 Å². The molecule has 3 aromatic carbocycles. The van der Waals surface area contributed by atoms with Gasteiger partial charge in [-0.25, -0.2) is 4.39 Å². The molecule has 2 aliphatic heterocycles. The monoisotopic (exact) mass is 608 g/mol. The van der Waals surface area contributed by atoms with Gasteiger partial charge in [-0.2, -0.15) is 0 Å². The molecule has 3 N–H and O–H groups in total. The zero-order valence-electron chi connectivity index (χ0n) is 22.3. The number of fused-ring (bicyclic) bond motifs is 2. The van der Waals surface area contributed by atoms with E-state index < -0.39 is 23.2 Å². The van der Waals surface area contributed by atoms with E-state index in [0.717, 1.165) is 0 Å². The number of carbonyl (C=O) groups excluding carboxylic acids is 2. The van der Waals surface area contributed by atoms with Crippen LogP contribution < -0.4 is 20.1 Å². The van der Waals surface area contributed by atoms with E-state index in [-0.39, 0.29) is 43.1 Å². The molecule has 1 fully saturated rings. The number of hydrogen-bond acceptors (Lipinski definition) is 5. The highest BCUT2D eigenvalue weighted by molar-refractivity contribution is 6.31. The van der Waals surface area contributed by atoms with Crippen molar-refractivity contribution in [3.05, 3.63) is 106 Å². The average molecular weight is 609 g/mol. The van der Waals surface area contributed by atoms with Crippen molar-refractivity contribution in [3.63, 3.8) is 0 Å². The van der Waals surface area contributed by atoms with Gasteiger partial charge < -0.3 is 25.2 Å². The highest BCUT2D eigenvalue weighted by Crippen LogP contribution is 2.58. The van der Waals surface area contributed by atoms with E-state index in [1.54, 1.807) is 48.5 Å². The molecule has 7 nitrogen and oxygen atoms in total. The number of carbonyl (C=O) groups is 2. The fourth-order valence-corrected chi connectivity index (χ4v) is 6.81. The van der Waals surface area contributed by atoms with E-state index in [2.05, 4.69) is 10.6 Å². The minimum atomic E-state index is -1.33. The maximum absolute atomic E-state index is 15.0. The largest absolute Gasteiger partial charge is 0.491 e. The molecular weight excluding hydrogens is 582 g/mol. The lowest BCUT2D eigenvalue weighted by Crippen LogP contribution is -2.59. The smallest absolute Gasteiger partial charge is 0.237 e. The first-order valence-electron chi connectivity index (χ1n) is 13.6. The first kappa shape index (κ1) is 28.3. The fraction of sp³-hybridized carbons (Fsp3) is 0.250. The van der Waals surface area contributed by atoms with Crippen LogP contribution in [-0.4, -0.2) is 30.1 Å². The SMILES string of the molecule is O=C1C[C@@H](C2C=C(Cl)C=CC2)[C@]2(C(=O)Nc3cc(Cl)ccc32)[C@@H](c2cc(F)ccc2Oc2ccc(OCCO)cc2)N1. The first-order chi connectivity index (χ1) is 20.3. The molecule has 3 aromatic rings. The Morgan fingerprint density at radius 1 is 1.02 bits per heavy atom. The Labute approximate surface area is 251 Å². The summed E-state index contributed by atoms with van der Waals surface area (Å²) >= 11 is 12.7. The van der Waals surface area contributed by atoms with Crippen molar-refractivity contribution in [3.8, 4) is 17.2 Å². The van der Waals surface area contributed by atoms with E-state index in [0.29, 0.717) is 44.8 Å². The lowest BCUT2D eigenvalue weighted by Gasteiger charge is -2.48. The van der Waals surface area contributed by atoms with Crippen molar-refractivity contribution in [2.45, 2.75) is 24.3 Å². The first-order valence-corrected chi connectivity index (χ1v) is 14.3. The lowest BCUT2D eigenvalue weighted by molar-refractivity contribution is -0.135. The van der Waals surface area contributed by atoms with Gasteiger partial charge in [0, 0.05) is 27.7 Å². The van der Waals surface area contributed by atoms with Gasteiger partial charge in [-0.05, 0) is 84.5 Å². The third kappa shape index (κ3) is 5.04. The van der Waals surface area contributed by atoms with E-state index in [1.807, 2.05) is 12.2 Å². The number of aliphatic hydroxyl groups is 1. The van der Waals surface area contributed by atoms with Crippen molar-refractivity contribution < 1.29 is 28.6 Å². The summed E-state index contributed by atoms with van der Waals surface area (Å²) < 4.78 is 26.6. The summed E-state index contributed by atoms with van der Waals surface area (Å²) in [5, 5.41) is 16.0. The molecule has 42 heavy (non-hydrogen) atoms. The van der Waals surface area contributed by atoms with Crippen LogP contribution in [0.25, 0.3) is 0 Å². The van der Waals surface area contributed by atoms with Gasteiger partial charge >= 0.3 is 0 Å². The normalized spacial score (nSPS) is 24.6. The van der Waals surface area contributed by atoms with Gasteiger partial charge in [-0.1, -0.05) is 41.4 Å². The third-order valence-electron chi connectivity index (χ3n) is 8.07. The quantitative estimate of drug-likeness (QED) is 0.288. The molecule has 10 heteroatoms. The minimum Gasteiger partial charge on any atom is -0.491 e. The Bertz CT molecular complexity index is 1610. The van der Waals surface area contributed by atoms with Gasteiger partial charge in [-0.15, -0.1) is 0 Å². The van der Waals surface area contributed by atoms with Gasteiger partial charge in [-0.3, -0.25) is 9.59 Å². The molecule has 1 saturated heterocycles. The summed E-state index contributed by atoms with van der Waals surface area (Å²) in [4.78, 5) is 27.6. The second-order valence-corrected chi connectivity index (χ2v) is 11.4. The predicted molar refractivity (Wildman–Crippen MR) is 157 cm³/mol. The molecule has 0 bridgehead atoms. The molecule has 2 heterocycles. The summed E-state index contributed by atoms with van der Waals surface area (Å²) in [6.07, 6.45) is 6.25. The summed E-state index contributed by atoms with van der Waals surface area (Å²) in [5.41, 5.74) is 0.183. The minimum absolute atomic E-state index is 0.0615. The third-order valence-corrected chi connectivity index (χ3v) is 8.56. The van der Waals surface area contributed by atoms with E-state index in [1.165, 1.54) is 18.2 Å². The Morgan fingerprint density at radius 3 is 2.57 bits per heavy atom. The summed E-state index contributed by atoms with van der Waals surface area (Å²) in [6, 6.07) is 15.0. The van der Waals surface area contributed by atoms with Crippen molar-refractivity contribution in [1.29, 1.82) is 0 Å². The molecular formula is C32H27Cl2FN2O5. The van der Waals surface area contributed by atoms with Crippen LogP contribution in [0.4, 0.5) is 10.1 Å². The second-order valence-electron chi connectivity index (χ2n) is 10.5. The maximum Gasteiger partial charge on any atom is 0.237 e. The Balaban J connectivity index is 1.49. The number of rotatable bonds is 7. The summed E-state index contributed by atoms with van der Waals surface area (Å²) in [6.45, 7) is 0.0357. The van der Waals surface area contributed by atoms with E-state index in [9.17, 15) is 14.0 Å². The molecule has 0 radical (unpaired) electrons. The topological polar surface area (TPSA) is 96.9 Å². The van der Waals surface area contributed by atoms with Crippen LogP contribution in [-0.2, 0) is 15.0 Å². The van der Waals surface area contributed by atoms with Crippen LogP contribution in [0.2, 0.25) is 5.02 Å². The molecule has 216 valence electrons. The highest BCUT2D eigenvalue weighted by atomic mass is 35.5. The molecule has 0 saturated carbocycles. The highest BCUT2D eigenvalue weighted by Gasteiger charge is 2.62. The number of benzene rings is 3. The molecule has 1 aliphatic carbocycles. The average Bonchev–Trinajstić information content (AvgIpc) is 3.25. The van der Waals surface area contributed by atoms with Crippen molar-refractivity contribution in [2.75, 3.05) is 18.5 Å². The Kier molecular flexibility index (Phi) is 7.70. The lowest BCUT2D eigenvalue weighted by atomic mass is 9.57. The number of amides is 2. The Morgan fingerprint density at radius 2 is 1.81 bits per heavy atom. The van der Waals surface area contributed by atoms with Crippen LogP contribution in [0.5, 0.6) is 17.2 Å². The number of ether oxygens (including phenoxy) is 2. The predicted octanol–water partition coefficient (Wildman–Crippen LogP) is 6.41. The molecule has 6 rings (SSSR count). The zero-order valence-corrected chi connectivity index (χ0v) is 23.8. The van der Waals surface area contributed by atoms with Crippen molar-refractivity contribution in [1.82, 2.24) is 5.32 Å². The molecule has 3 aliphatic rings. The van der Waals surface area contributed by atoms with Crippen LogP contribution in [0, 0.1) is 17.7 Å². The number of aliphatic hydroxyl groups excluding tert-OH is 1. The van der Waals surface area contributed by atoms with Crippen LogP contribution in [0.1, 0.15) is 30.0 Å². The van der Waals surface area contributed by atoms with Gasteiger partial charge in [0.1, 0.15) is 35.1 Å². The fourth-order valence-electron chi connectivity index (χ4n) is 6.38. The van der Waals surface area contributed by atoms with Gasteiger partial charge in [0.05, 0.1) is 12.6 Å². The molecule has 0 aromatic heterocycles. The van der Waals surface area contributed by atoms with Gasteiger partial charge in [0.2, 0.25) is 11.8 Å². The number of halogens is 3. The molecule has 2 amide bonds. The number of hydrogen-bond donors (Lipinski definition) is 3. The molecule has 1 unspecified atom stereocenters. The van der Waals surface area contributed by atoms with Crippen LogP contribution in [0.15, 0.2) is 83.9 Å². The second kappa shape index (κ2) is 11.4. The zero-order chi connectivity index (χ0) is 29.4. The number of allylic oxidation sites excluding steroid dienone is 4. The van der Waals surface area contributed by atoms with Crippen LogP contribution in [0.3, 0.4) is 0 Å². The van der Waals surface area contributed by atoms with E-state index >= 15 is 0 Å². The standard InChI is InChI=1S/C32H27Cl2FN2O5/c33-19-3-1-2-18(14-19)26-17-29(39)37-30(32(26)25-10-4-20(34)15-27(25)36-31(32)40)24-16-21(35)5-11-28(24)42-23-8-6-22(7-9-23)41-13-12-38/h1,3-11,14-16,18,26,30,38H,2,12-13,17H2,(H,36,40)(H,37,39)/t18?,26-,30+,32-/m0/s1. The van der Waals surface area contributed by atoms with E-state index in [4.69, 9.17) is 37.8 Å². The molecule has 4 atom stereocenters. The number of piperidine rings is 1.